The van der Waals surface area contributed by atoms with Crippen molar-refractivity contribution < 1.29 is 22.4 Å². The number of benzene rings is 1. The molecule has 5 heteroatoms. The summed E-state index contributed by atoms with van der Waals surface area (Å²) in [7, 11) is 0. The fraction of sp³-hybridized carbons (Fsp3) is 0.462. The van der Waals surface area contributed by atoms with E-state index >= 15 is 0 Å². The summed E-state index contributed by atoms with van der Waals surface area (Å²) in [5, 5.41) is 0. The van der Waals surface area contributed by atoms with Crippen molar-refractivity contribution >= 4 is 5.78 Å². The third-order valence-electron chi connectivity index (χ3n) is 3.16. The van der Waals surface area contributed by atoms with E-state index in [0.29, 0.717) is 6.07 Å². The first kappa shape index (κ1) is 13.1. The van der Waals surface area contributed by atoms with Gasteiger partial charge in [-0.15, -0.1) is 0 Å². The van der Waals surface area contributed by atoms with Crippen molar-refractivity contribution in [1.82, 2.24) is 0 Å². The van der Waals surface area contributed by atoms with Crippen LogP contribution in [0.2, 0.25) is 0 Å². The van der Waals surface area contributed by atoms with Gasteiger partial charge in [0.2, 0.25) is 5.92 Å². The molecule has 0 amide bonds. The molecule has 0 bridgehead atoms. The average Bonchev–Trinajstić information content (AvgIpc) is 2.57. The van der Waals surface area contributed by atoms with Gasteiger partial charge < -0.3 is 0 Å². The highest BCUT2D eigenvalue weighted by Gasteiger charge is 2.42. The molecule has 1 aliphatic rings. The Morgan fingerprint density at radius 2 is 1.83 bits per heavy atom. The van der Waals surface area contributed by atoms with Crippen LogP contribution in [0.1, 0.15) is 24.8 Å². The second-order valence-corrected chi connectivity index (χ2v) is 4.72. The normalized spacial score (nSPS) is 22.1. The maximum Gasteiger partial charge on any atom is 0.248 e. The van der Waals surface area contributed by atoms with Gasteiger partial charge in [0.15, 0.2) is 0 Å². The highest BCUT2D eigenvalue weighted by atomic mass is 19.3. The van der Waals surface area contributed by atoms with Crippen LogP contribution in [-0.2, 0) is 11.2 Å². The van der Waals surface area contributed by atoms with Crippen molar-refractivity contribution in [3.8, 4) is 0 Å². The summed E-state index contributed by atoms with van der Waals surface area (Å²) in [6, 6.07) is 2.81. The molecule has 0 aliphatic heterocycles. The Morgan fingerprint density at radius 1 is 1.22 bits per heavy atom. The first-order valence-corrected chi connectivity index (χ1v) is 5.71. The minimum absolute atomic E-state index is 0.142. The maximum absolute atomic E-state index is 12.9. The van der Waals surface area contributed by atoms with Crippen molar-refractivity contribution in [3.63, 3.8) is 0 Å². The van der Waals surface area contributed by atoms with E-state index in [1.807, 2.05) is 0 Å². The molecule has 0 heterocycles. The van der Waals surface area contributed by atoms with Gasteiger partial charge in [0.25, 0.3) is 0 Å². The number of carbonyl (C=O) groups is 1. The highest BCUT2D eigenvalue weighted by molar-refractivity contribution is 5.83. The zero-order chi connectivity index (χ0) is 13.3. The first-order chi connectivity index (χ1) is 8.35. The van der Waals surface area contributed by atoms with Gasteiger partial charge in [-0.1, -0.05) is 0 Å². The molecule has 1 saturated carbocycles. The predicted molar refractivity (Wildman–Crippen MR) is 57.4 cm³/mol. The van der Waals surface area contributed by atoms with Crippen molar-refractivity contribution in [2.24, 2.45) is 5.92 Å². The highest BCUT2D eigenvalue weighted by Crippen LogP contribution is 2.39. The SMILES string of the molecule is O=C(Cc1cc(F)cc(F)c1)C1CCC(F)(F)C1. The van der Waals surface area contributed by atoms with Crippen LogP contribution in [0.3, 0.4) is 0 Å². The fourth-order valence-corrected chi connectivity index (χ4v) is 2.28. The molecule has 1 atom stereocenters. The quantitative estimate of drug-likeness (QED) is 0.760. The molecule has 1 aliphatic carbocycles. The van der Waals surface area contributed by atoms with Crippen LogP contribution in [0.5, 0.6) is 0 Å². The molecule has 2 rings (SSSR count). The van der Waals surface area contributed by atoms with Crippen molar-refractivity contribution in [1.29, 1.82) is 0 Å². The molecule has 1 fully saturated rings. The zero-order valence-electron chi connectivity index (χ0n) is 9.56. The average molecular weight is 260 g/mol. The van der Waals surface area contributed by atoms with Crippen molar-refractivity contribution in [2.45, 2.75) is 31.6 Å². The molecule has 98 valence electrons. The number of ketones is 1. The molecule has 0 radical (unpaired) electrons. The summed E-state index contributed by atoms with van der Waals surface area (Å²) in [4.78, 5) is 11.7. The first-order valence-electron chi connectivity index (χ1n) is 5.71. The monoisotopic (exact) mass is 260 g/mol. The number of alkyl halides is 2. The lowest BCUT2D eigenvalue weighted by Gasteiger charge is -2.09. The topological polar surface area (TPSA) is 17.1 Å². The van der Waals surface area contributed by atoms with Gasteiger partial charge in [0.1, 0.15) is 17.4 Å². The van der Waals surface area contributed by atoms with Crippen molar-refractivity contribution in [3.05, 3.63) is 35.4 Å². The standard InChI is InChI=1S/C13H12F4O/c14-10-3-8(4-11(15)6-10)5-12(18)9-1-2-13(16,17)7-9/h3-4,6,9H,1-2,5,7H2. The predicted octanol–water partition coefficient (Wildman–Crippen LogP) is 3.51. The molecular formula is C13H12F4O. The Morgan fingerprint density at radius 3 is 2.33 bits per heavy atom. The van der Waals surface area contributed by atoms with E-state index in [1.165, 1.54) is 0 Å². The van der Waals surface area contributed by atoms with Gasteiger partial charge in [-0.2, -0.15) is 0 Å². The molecule has 1 aromatic rings. The number of hydrogen-bond acceptors (Lipinski definition) is 1. The van der Waals surface area contributed by atoms with E-state index in [0.717, 1.165) is 12.1 Å². The Hall–Kier alpha value is -1.39. The van der Waals surface area contributed by atoms with Gasteiger partial charge in [0.05, 0.1) is 0 Å². The molecule has 0 spiro atoms. The minimum Gasteiger partial charge on any atom is -0.299 e. The molecule has 0 aromatic heterocycles. The van der Waals surface area contributed by atoms with Crippen LogP contribution in [0, 0.1) is 17.6 Å². The number of halogens is 4. The van der Waals surface area contributed by atoms with Crippen LogP contribution >= 0.6 is 0 Å². The van der Waals surface area contributed by atoms with Gasteiger partial charge in [0, 0.05) is 31.2 Å². The molecule has 1 unspecified atom stereocenters. The summed E-state index contributed by atoms with van der Waals surface area (Å²) in [6.07, 6.45) is -0.802. The third kappa shape index (κ3) is 3.09. The molecule has 0 saturated heterocycles. The fourth-order valence-electron chi connectivity index (χ4n) is 2.28. The van der Waals surface area contributed by atoms with E-state index in [2.05, 4.69) is 0 Å². The Balaban J connectivity index is 2.03. The summed E-state index contributed by atoms with van der Waals surface area (Å²) in [6.45, 7) is 0. The number of Topliss-reactive ketones (excluding diaryl/α,β-unsaturated/α-hetero) is 1. The third-order valence-corrected chi connectivity index (χ3v) is 3.16. The molecule has 0 N–H and O–H groups in total. The second-order valence-electron chi connectivity index (χ2n) is 4.72. The zero-order valence-corrected chi connectivity index (χ0v) is 9.56. The van der Waals surface area contributed by atoms with Gasteiger partial charge in [-0.3, -0.25) is 4.79 Å². The van der Waals surface area contributed by atoms with Crippen LogP contribution in [0.15, 0.2) is 18.2 Å². The Labute approximate surface area is 102 Å². The Bertz CT molecular complexity index is 450. The summed E-state index contributed by atoms with van der Waals surface area (Å²) in [5.74, 6) is -5.40. The minimum atomic E-state index is -2.78. The van der Waals surface area contributed by atoms with E-state index in [4.69, 9.17) is 0 Å². The van der Waals surface area contributed by atoms with Crippen molar-refractivity contribution in [2.75, 3.05) is 0 Å². The van der Waals surface area contributed by atoms with E-state index in [9.17, 15) is 22.4 Å². The molecule has 1 nitrogen and oxygen atoms in total. The summed E-state index contributed by atoms with van der Waals surface area (Å²) >= 11 is 0. The molecule has 18 heavy (non-hydrogen) atoms. The molecular weight excluding hydrogens is 248 g/mol. The van der Waals surface area contributed by atoms with Crippen LogP contribution in [0.4, 0.5) is 17.6 Å². The van der Waals surface area contributed by atoms with Gasteiger partial charge >= 0.3 is 0 Å². The lowest BCUT2D eigenvalue weighted by Crippen LogP contribution is -2.17. The van der Waals surface area contributed by atoms with Gasteiger partial charge in [-0.05, 0) is 24.1 Å². The van der Waals surface area contributed by atoms with E-state index in [1.54, 1.807) is 0 Å². The van der Waals surface area contributed by atoms with E-state index < -0.39 is 29.9 Å². The smallest absolute Gasteiger partial charge is 0.248 e. The number of carbonyl (C=O) groups excluding carboxylic acids is 1. The van der Waals surface area contributed by atoms with E-state index in [-0.39, 0.29) is 30.6 Å². The lowest BCUT2D eigenvalue weighted by atomic mass is 9.96. The Kier molecular flexibility index (Phi) is 3.41. The summed E-state index contributed by atoms with van der Waals surface area (Å²) < 4.78 is 51.7. The van der Waals surface area contributed by atoms with Crippen LogP contribution in [0.25, 0.3) is 0 Å². The maximum atomic E-state index is 12.9. The largest absolute Gasteiger partial charge is 0.299 e. The van der Waals surface area contributed by atoms with Crippen LogP contribution < -0.4 is 0 Å². The number of rotatable bonds is 3. The lowest BCUT2D eigenvalue weighted by molar-refractivity contribution is -0.123. The second kappa shape index (κ2) is 4.71. The van der Waals surface area contributed by atoms with Gasteiger partial charge in [-0.25, -0.2) is 17.6 Å². The number of hydrogen-bond donors (Lipinski definition) is 0. The molecule has 1 aromatic carbocycles. The van der Waals surface area contributed by atoms with Crippen LogP contribution in [-0.4, -0.2) is 11.7 Å². The summed E-state index contributed by atoms with van der Waals surface area (Å²) in [5.41, 5.74) is 0.188.